The summed E-state index contributed by atoms with van der Waals surface area (Å²) in [7, 11) is 1.48. The fraction of sp³-hybridized carbons (Fsp3) is 0.357. The molecule has 0 bridgehead atoms. The third-order valence-corrected chi connectivity index (χ3v) is 2.85. The van der Waals surface area contributed by atoms with E-state index < -0.39 is 17.5 Å². The monoisotopic (exact) mass is 284 g/mol. The van der Waals surface area contributed by atoms with E-state index in [-0.39, 0.29) is 17.5 Å². The van der Waals surface area contributed by atoms with Gasteiger partial charge in [-0.2, -0.15) is 0 Å². The van der Waals surface area contributed by atoms with Gasteiger partial charge in [0.2, 0.25) is 0 Å². The van der Waals surface area contributed by atoms with E-state index in [0.29, 0.717) is 17.9 Å². The number of halogens is 3. The summed E-state index contributed by atoms with van der Waals surface area (Å²) in [6, 6.07) is 2.60. The van der Waals surface area contributed by atoms with Gasteiger partial charge in [-0.15, -0.1) is 0 Å². The van der Waals surface area contributed by atoms with E-state index in [4.69, 9.17) is 4.74 Å². The fourth-order valence-electron chi connectivity index (χ4n) is 1.95. The molecule has 0 spiro atoms. The second kappa shape index (κ2) is 6.09. The highest BCUT2D eigenvalue weighted by atomic mass is 19.2. The van der Waals surface area contributed by atoms with Crippen LogP contribution in [0.1, 0.15) is 19.0 Å². The minimum absolute atomic E-state index is 0.162. The van der Waals surface area contributed by atoms with E-state index in [0.717, 1.165) is 12.5 Å². The lowest BCUT2D eigenvalue weighted by atomic mass is 10.1. The van der Waals surface area contributed by atoms with E-state index in [1.165, 1.54) is 7.11 Å². The second-order valence-corrected chi connectivity index (χ2v) is 4.40. The Kier molecular flexibility index (Phi) is 4.44. The van der Waals surface area contributed by atoms with Gasteiger partial charge in [-0.25, -0.2) is 18.2 Å². The molecule has 0 fully saturated rings. The molecule has 2 rings (SSSR count). The molecule has 1 aromatic heterocycles. The van der Waals surface area contributed by atoms with Crippen molar-refractivity contribution in [3.8, 4) is 0 Å². The third kappa shape index (κ3) is 2.70. The van der Waals surface area contributed by atoms with Crippen molar-refractivity contribution in [1.29, 1.82) is 0 Å². The minimum atomic E-state index is -1.51. The molecule has 1 N–H and O–H groups in total. The summed E-state index contributed by atoms with van der Waals surface area (Å²) < 4.78 is 45.5. The molecule has 3 nitrogen and oxygen atoms in total. The van der Waals surface area contributed by atoms with Gasteiger partial charge >= 0.3 is 0 Å². The van der Waals surface area contributed by atoms with Crippen LogP contribution in [0.2, 0.25) is 0 Å². The highest BCUT2D eigenvalue weighted by Gasteiger charge is 2.17. The van der Waals surface area contributed by atoms with E-state index >= 15 is 0 Å². The summed E-state index contributed by atoms with van der Waals surface area (Å²) >= 11 is 0. The summed E-state index contributed by atoms with van der Waals surface area (Å²) in [6.07, 6.45) is 0.843. The first kappa shape index (κ1) is 14.6. The van der Waals surface area contributed by atoms with Crippen LogP contribution in [-0.4, -0.2) is 18.6 Å². The number of pyridine rings is 1. The molecule has 0 amide bonds. The Morgan fingerprint density at radius 1 is 1.20 bits per heavy atom. The normalized spacial score (nSPS) is 11.1. The molecule has 2 aromatic rings. The number of hydrogen-bond donors (Lipinski definition) is 1. The van der Waals surface area contributed by atoms with Gasteiger partial charge in [0.25, 0.3) is 0 Å². The van der Waals surface area contributed by atoms with Gasteiger partial charge in [0.15, 0.2) is 17.5 Å². The molecule has 1 aromatic carbocycles. The van der Waals surface area contributed by atoms with Crippen molar-refractivity contribution >= 4 is 16.6 Å². The maximum absolute atomic E-state index is 13.8. The molecule has 0 saturated heterocycles. The molecule has 0 aliphatic heterocycles. The number of benzene rings is 1. The summed E-state index contributed by atoms with van der Waals surface area (Å²) in [5, 5.41) is 3.28. The van der Waals surface area contributed by atoms with Crippen LogP contribution in [0.4, 0.5) is 18.9 Å². The zero-order valence-electron chi connectivity index (χ0n) is 11.3. The molecule has 0 atom stereocenters. The van der Waals surface area contributed by atoms with Crippen molar-refractivity contribution in [3.05, 3.63) is 35.3 Å². The number of hydrogen-bond acceptors (Lipinski definition) is 3. The fourth-order valence-corrected chi connectivity index (χ4v) is 1.95. The predicted octanol–water partition coefficient (Wildman–Crippen LogP) is 3.62. The molecule has 0 saturated carbocycles. The summed E-state index contributed by atoms with van der Waals surface area (Å²) in [5.41, 5.74) is 0.766. The number of anilines is 1. The zero-order valence-corrected chi connectivity index (χ0v) is 11.3. The smallest absolute Gasteiger partial charge is 0.196 e. The third-order valence-electron chi connectivity index (χ3n) is 2.85. The van der Waals surface area contributed by atoms with Crippen molar-refractivity contribution in [2.24, 2.45) is 0 Å². The first-order chi connectivity index (χ1) is 9.58. The zero-order chi connectivity index (χ0) is 14.7. The number of fused-ring (bicyclic) bond motifs is 1. The maximum atomic E-state index is 13.8. The van der Waals surface area contributed by atoms with Gasteiger partial charge < -0.3 is 10.1 Å². The number of methoxy groups -OCH3 is 1. The van der Waals surface area contributed by atoms with Gasteiger partial charge in [0.1, 0.15) is 5.52 Å². The Hall–Kier alpha value is -1.82. The van der Waals surface area contributed by atoms with Crippen molar-refractivity contribution in [1.82, 2.24) is 4.98 Å². The summed E-state index contributed by atoms with van der Waals surface area (Å²) in [4.78, 5) is 3.99. The first-order valence-corrected chi connectivity index (χ1v) is 6.28. The van der Waals surface area contributed by atoms with Crippen LogP contribution in [-0.2, 0) is 11.3 Å². The number of aromatic nitrogens is 1. The van der Waals surface area contributed by atoms with Crippen LogP contribution in [0.25, 0.3) is 10.9 Å². The van der Waals surface area contributed by atoms with Crippen LogP contribution in [0.5, 0.6) is 0 Å². The van der Waals surface area contributed by atoms with E-state index in [1.807, 2.05) is 6.92 Å². The Morgan fingerprint density at radius 2 is 1.95 bits per heavy atom. The van der Waals surface area contributed by atoms with Crippen molar-refractivity contribution < 1.29 is 17.9 Å². The minimum Gasteiger partial charge on any atom is -0.384 e. The molecule has 0 aliphatic carbocycles. The first-order valence-electron chi connectivity index (χ1n) is 6.28. The second-order valence-electron chi connectivity index (χ2n) is 4.40. The molecule has 0 unspecified atom stereocenters. The number of nitrogens with one attached hydrogen (secondary N) is 1. The van der Waals surface area contributed by atoms with Crippen LogP contribution >= 0.6 is 0 Å². The van der Waals surface area contributed by atoms with Gasteiger partial charge in [-0.1, -0.05) is 6.92 Å². The van der Waals surface area contributed by atoms with E-state index in [1.54, 1.807) is 6.07 Å². The molecular weight excluding hydrogens is 269 g/mol. The van der Waals surface area contributed by atoms with Gasteiger partial charge in [-0.05, 0) is 18.6 Å². The molecule has 6 heteroatoms. The molecule has 1 heterocycles. The van der Waals surface area contributed by atoms with E-state index in [2.05, 4.69) is 10.3 Å². The molecule has 0 radical (unpaired) electrons. The number of nitrogens with zero attached hydrogens (tertiary/aromatic N) is 1. The van der Waals surface area contributed by atoms with Gasteiger partial charge in [0, 0.05) is 24.7 Å². The summed E-state index contributed by atoms with van der Waals surface area (Å²) in [6.45, 7) is 2.76. The van der Waals surface area contributed by atoms with Crippen LogP contribution in [0.3, 0.4) is 0 Å². The lowest BCUT2D eigenvalue weighted by Gasteiger charge is -2.12. The largest absolute Gasteiger partial charge is 0.384 e. The van der Waals surface area contributed by atoms with Crippen LogP contribution in [0.15, 0.2) is 12.1 Å². The van der Waals surface area contributed by atoms with Crippen molar-refractivity contribution in [2.75, 3.05) is 19.0 Å². The Balaban J connectivity index is 2.67. The van der Waals surface area contributed by atoms with Crippen molar-refractivity contribution in [2.45, 2.75) is 20.0 Å². The maximum Gasteiger partial charge on any atom is 0.196 e. The molecule has 0 aliphatic rings. The predicted molar refractivity (Wildman–Crippen MR) is 71.1 cm³/mol. The summed E-state index contributed by atoms with van der Waals surface area (Å²) in [5.74, 6) is -4.02. The van der Waals surface area contributed by atoms with Crippen LogP contribution < -0.4 is 5.32 Å². The van der Waals surface area contributed by atoms with Crippen molar-refractivity contribution in [3.63, 3.8) is 0 Å². The quantitative estimate of drug-likeness (QED) is 0.851. The standard InChI is InChI=1S/C14H15F3N2O/c1-3-4-18-11-5-8(7-20-2)19-14-9(11)6-10(15)12(16)13(14)17/h5-6H,3-4,7H2,1-2H3,(H,18,19). The molecule has 108 valence electrons. The Bertz CT molecular complexity index is 632. The van der Waals surface area contributed by atoms with Gasteiger partial charge in [0.05, 0.1) is 12.3 Å². The lowest BCUT2D eigenvalue weighted by molar-refractivity contribution is 0.182. The highest BCUT2D eigenvalue weighted by Crippen LogP contribution is 2.28. The average molecular weight is 284 g/mol. The Morgan fingerprint density at radius 3 is 2.60 bits per heavy atom. The lowest BCUT2D eigenvalue weighted by Crippen LogP contribution is -2.05. The highest BCUT2D eigenvalue weighted by molar-refractivity contribution is 5.92. The van der Waals surface area contributed by atoms with E-state index in [9.17, 15) is 13.2 Å². The average Bonchev–Trinajstić information content (AvgIpc) is 2.44. The number of rotatable bonds is 5. The van der Waals surface area contributed by atoms with Crippen LogP contribution in [0, 0.1) is 17.5 Å². The topological polar surface area (TPSA) is 34.1 Å². The molecule has 20 heavy (non-hydrogen) atoms. The molecular formula is C14H15F3N2O. The Labute approximate surface area is 114 Å². The van der Waals surface area contributed by atoms with Gasteiger partial charge in [-0.3, -0.25) is 0 Å². The SMILES string of the molecule is CCCNc1cc(COC)nc2c(F)c(F)c(F)cc12. The number of ether oxygens (including phenoxy) is 1.